The number of phenols is 1. The summed E-state index contributed by atoms with van der Waals surface area (Å²) < 4.78 is 0. The summed E-state index contributed by atoms with van der Waals surface area (Å²) in [6, 6.07) is 5.81. The molecule has 1 saturated carbocycles. The number of carboxylic acid groups (broad SMARTS) is 1. The highest BCUT2D eigenvalue weighted by molar-refractivity contribution is 5.90. The monoisotopic (exact) mass is 236 g/mol. The number of carbonyl (C=O) groups excluding carboxylic acids is 1. The number of carbonyl (C=O) groups is 2. The Balaban J connectivity index is 0.000000181. The van der Waals surface area contributed by atoms with Crippen LogP contribution in [0.1, 0.15) is 42.5 Å². The second-order valence-corrected chi connectivity index (χ2v) is 3.92. The Hall–Kier alpha value is -1.84. The number of para-hydroxylation sites is 1. The van der Waals surface area contributed by atoms with Gasteiger partial charge in [-0.05, 0) is 25.0 Å². The van der Waals surface area contributed by atoms with E-state index in [1.807, 2.05) is 0 Å². The third-order valence-electron chi connectivity index (χ3n) is 2.55. The lowest BCUT2D eigenvalue weighted by Gasteiger charge is -2.05. The molecule has 2 N–H and O–H groups in total. The first-order valence-electron chi connectivity index (χ1n) is 5.64. The van der Waals surface area contributed by atoms with E-state index in [2.05, 4.69) is 0 Å². The van der Waals surface area contributed by atoms with Crippen molar-refractivity contribution in [2.75, 3.05) is 0 Å². The molecular formula is C13H16O4. The molecule has 1 aliphatic carbocycles. The summed E-state index contributed by atoms with van der Waals surface area (Å²) in [5.74, 6) is -0.848. The zero-order valence-corrected chi connectivity index (χ0v) is 9.56. The third kappa shape index (κ3) is 4.68. The molecule has 0 unspecified atom stereocenters. The Morgan fingerprint density at radius 3 is 2.00 bits per heavy atom. The van der Waals surface area contributed by atoms with Crippen LogP contribution < -0.4 is 0 Å². The topological polar surface area (TPSA) is 74.6 Å². The Morgan fingerprint density at radius 2 is 1.65 bits per heavy atom. The summed E-state index contributed by atoms with van der Waals surface area (Å²) in [5.41, 5.74) is -0.0671. The summed E-state index contributed by atoms with van der Waals surface area (Å²) in [6.45, 7) is 0. The van der Waals surface area contributed by atoms with Gasteiger partial charge in [0.1, 0.15) is 17.1 Å². The first kappa shape index (κ1) is 13.2. The minimum Gasteiger partial charge on any atom is -0.507 e. The quantitative estimate of drug-likeness (QED) is 0.786. The van der Waals surface area contributed by atoms with Crippen LogP contribution in [0, 0.1) is 0 Å². The van der Waals surface area contributed by atoms with Gasteiger partial charge in [0.05, 0.1) is 0 Å². The van der Waals surface area contributed by atoms with Crippen LogP contribution in [-0.2, 0) is 4.79 Å². The number of hydrogen-bond donors (Lipinski definition) is 2. The van der Waals surface area contributed by atoms with Crippen LogP contribution in [0.25, 0.3) is 0 Å². The molecule has 0 bridgehead atoms. The lowest BCUT2D eigenvalue weighted by Crippen LogP contribution is -2.02. The molecule has 0 aliphatic heterocycles. The standard InChI is InChI=1S/C7H6O3.C6H10O/c8-6-4-2-1-3-5(6)7(9)10;7-6-4-2-1-3-5-6/h1-4,8H,(H,9,10);1-5H2. The number of rotatable bonds is 1. The smallest absolute Gasteiger partial charge is 0.339 e. The molecule has 0 atom stereocenters. The van der Waals surface area contributed by atoms with E-state index in [0.717, 1.165) is 25.7 Å². The van der Waals surface area contributed by atoms with Crippen LogP contribution in [0.5, 0.6) is 5.75 Å². The number of ketones is 1. The molecule has 4 nitrogen and oxygen atoms in total. The van der Waals surface area contributed by atoms with Crippen molar-refractivity contribution < 1.29 is 19.8 Å². The summed E-state index contributed by atoms with van der Waals surface area (Å²) >= 11 is 0. The highest BCUT2D eigenvalue weighted by atomic mass is 16.4. The molecule has 0 spiro atoms. The van der Waals surface area contributed by atoms with Gasteiger partial charge in [-0.2, -0.15) is 0 Å². The Kier molecular flexibility index (Phi) is 5.20. The minimum atomic E-state index is -1.11. The highest BCUT2D eigenvalue weighted by Crippen LogP contribution is 2.14. The van der Waals surface area contributed by atoms with E-state index >= 15 is 0 Å². The van der Waals surface area contributed by atoms with Gasteiger partial charge in [0.2, 0.25) is 0 Å². The van der Waals surface area contributed by atoms with E-state index in [-0.39, 0.29) is 11.3 Å². The van der Waals surface area contributed by atoms with Crippen LogP contribution in [0.15, 0.2) is 24.3 Å². The molecule has 0 radical (unpaired) electrons. The van der Waals surface area contributed by atoms with E-state index in [4.69, 9.17) is 10.2 Å². The largest absolute Gasteiger partial charge is 0.507 e. The maximum absolute atomic E-state index is 10.5. The fourth-order valence-electron chi connectivity index (χ4n) is 1.60. The van der Waals surface area contributed by atoms with Gasteiger partial charge in [-0.3, -0.25) is 4.79 Å². The van der Waals surface area contributed by atoms with E-state index in [9.17, 15) is 9.59 Å². The number of aromatic carboxylic acids is 1. The van der Waals surface area contributed by atoms with E-state index in [1.54, 1.807) is 12.1 Å². The average molecular weight is 236 g/mol. The molecule has 1 aromatic rings. The van der Waals surface area contributed by atoms with Crippen molar-refractivity contribution in [2.24, 2.45) is 0 Å². The van der Waals surface area contributed by atoms with E-state index < -0.39 is 5.97 Å². The van der Waals surface area contributed by atoms with Crippen LogP contribution in [0.4, 0.5) is 0 Å². The van der Waals surface area contributed by atoms with Crippen molar-refractivity contribution in [2.45, 2.75) is 32.1 Å². The number of aromatic hydroxyl groups is 1. The lowest BCUT2D eigenvalue weighted by atomic mass is 10.00. The number of carboxylic acids is 1. The summed E-state index contributed by atoms with van der Waals surface area (Å²) in [4.78, 5) is 20.7. The maximum Gasteiger partial charge on any atom is 0.339 e. The molecule has 17 heavy (non-hydrogen) atoms. The van der Waals surface area contributed by atoms with Gasteiger partial charge in [-0.25, -0.2) is 4.79 Å². The predicted molar refractivity (Wildman–Crippen MR) is 63.2 cm³/mol. The molecule has 4 heteroatoms. The first-order chi connectivity index (χ1) is 8.11. The van der Waals surface area contributed by atoms with Crippen LogP contribution in [0.3, 0.4) is 0 Å². The van der Waals surface area contributed by atoms with Crippen molar-refractivity contribution >= 4 is 11.8 Å². The Morgan fingerprint density at radius 1 is 1.06 bits per heavy atom. The molecule has 0 amide bonds. The maximum atomic E-state index is 10.5. The van der Waals surface area contributed by atoms with Crippen molar-refractivity contribution in [3.8, 4) is 5.75 Å². The fraction of sp³-hybridized carbons (Fsp3) is 0.385. The third-order valence-corrected chi connectivity index (χ3v) is 2.55. The van der Waals surface area contributed by atoms with Crippen LogP contribution in [-0.4, -0.2) is 22.0 Å². The molecule has 0 saturated heterocycles. The number of benzene rings is 1. The molecule has 0 heterocycles. The summed E-state index contributed by atoms with van der Waals surface area (Å²) in [5, 5.41) is 17.3. The first-order valence-corrected chi connectivity index (χ1v) is 5.64. The van der Waals surface area contributed by atoms with Gasteiger partial charge in [0, 0.05) is 12.8 Å². The van der Waals surface area contributed by atoms with Crippen LogP contribution >= 0.6 is 0 Å². The Bertz CT molecular complexity index is 390. The fourth-order valence-corrected chi connectivity index (χ4v) is 1.60. The van der Waals surface area contributed by atoms with Gasteiger partial charge >= 0.3 is 5.97 Å². The molecular weight excluding hydrogens is 220 g/mol. The summed E-state index contributed by atoms with van der Waals surface area (Å²) in [7, 11) is 0. The van der Waals surface area contributed by atoms with Crippen molar-refractivity contribution in [3.05, 3.63) is 29.8 Å². The predicted octanol–water partition coefficient (Wildman–Crippen LogP) is 2.61. The Labute approximate surface area is 99.9 Å². The second-order valence-electron chi connectivity index (χ2n) is 3.92. The van der Waals surface area contributed by atoms with E-state index in [0.29, 0.717) is 5.78 Å². The molecule has 92 valence electrons. The van der Waals surface area contributed by atoms with Crippen LogP contribution in [0.2, 0.25) is 0 Å². The zero-order valence-electron chi connectivity index (χ0n) is 9.56. The molecule has 0 aromatic heterocycles. The summed E-state index contributed by atoms with van der Waals surface area (Å²) in [6.07, 6.45) is 5.24. The van der Waals surface area contributed by atoms with E-state index in [1.165, 1.54) is 18.6 Å². The van der Waals surface area contributed by atoms with Crippen molar-refractivity contribution in [3.63, 3.8) is 0 Å². The minimum absolute atomic E-state index is 0.0671. The molecule has 1 aromatic carbocycles. The van der Waals surface area contributed by atoms with Gasteiger partial charge in [0.25, 0.3) is 0 Å². The lowest BCUT2D eigenvalue weighted by molar-refractivity contribution is -0.120. The van der Waals surface area contributed by atoms with Gasteiger partial charge in [0.15, 0.2) is 0 Å². The molecule has 1 aliphatic rings. The molecule has 1 fully saturated rings. The van der Waals surface area contributed by atoms with Crippen molar-refractivity contribution in [1.82, 2.24) is 0 Å². The average Bonchev–Trinajstić information content (AvgIpc) is 2.31. The van der Waals surface area contributed by atoms with Gasteiger partial charge in [-0.1, -0.05) is 18.6 Å². The van der Waals surface area contributed by atoms with Gasteiger partial charge in [-0.15, -0.1) is 0 Å². The molecule has 2 rings (SSSR count). The second kappa shape index (κ2) is 6.68. The highest BCUT2D eigenvalue weighted by Gasteiger charge is 2.06. The SMILES string of the molecule is O=C(O)c1ccccc1O.O=C1CCCCC1. The van der Waals surface area contributed by atoms with Crippen molar-refractivity contribution in [1.29, 1.82) is 0 Å². The zero-order chi connectivity index (χ0) is 12.7. The van der Waals surface area contributed by atoms with Gasteiger partial charge < -0.3 is 10.2 Å². The number of hydrogen-bond acceptors (Lipinski definition) is 3. The normalized spacial score (nSPS) is 14.7. The number of Topliss-reactive ketones (excluding diaryl/α,β-unsaturated/α-hetero) is 1.